The minimum absolute atomic E-state index is 0.208. The summed E-state index contributed by atoms with van der Waals surface area (Å²) >= 11 is 3.30. The van der Waals surface area contributed by atoms with E-state index in [1.165, 1.54) is 17.5 Å². The molecule has 0 unspecified atom stereocenters. The lowest BCUT2D eigenvalue weighted by atomic mass is 10.2. The van der Waals surface area contributed by atoms with Crippen molar-refractivity contribution >= 4 is 29.6 Å². The molecule has 0 radical (unpaired) electrons. The van der Waals surface area contributed by atoms with E-state index in [9.17, 15) is 4.79 Å². The molecule has 2 aliphatic heterocycles. The predicted octanol–water partition coefficient (Wildman–Crippen LogP) is 0.730. The molecule has 0 aliphatic carbocycles. The number of nitrogens with zero attached hydrogens (tertiary/aromatic N) is 5. The van der Waals surface area contributed by atoms with Gasteiger partial charge in [-0.3, -0.25) is 4.79 Å². The summed E-state index contributed by atoms with van der Waals surface area (Å²) in [7, 11) is 0. The maximum Gasteiger partial charge on any atom is 0.236 e. The van der Waals surface area contributed by atoms with E-state index in [0.717, 1.165) is 11.5 Å². The fourth-order valence-electron chi connectivity index (χ4n) is 1.81. The summed E-state index contributed by atoms with van der Waals surface area (Å²) in [5, 5.41) is 11.7. The zero-order valence-electron chi connectivity index (χ0n) is 10.2. The zero-order valence-corrected chi connectivity index (χ0v) is 11.9. The SMILES string of the molecule is CC#Cc1nnnn1SCC1=CN2C(=O)C[C@@H]2SC1. The number of β-lactam (4-membered cyclic amide) rings is 1. The van der Waals surface area contributed by atoms with Gasteiger partial charge in [-0.05, 0) is 40.8 Å². The van der Waals surface area contributed by atoms with Crippen LogP contribution in [0.2, 0.25) is 0 Å². The van der Waals surface area contributed by atoms with Gasteiger partial charge >= 0.3 is 0 Å². The topological polar surface area (TPSA) is 63.9 Å². The Labute approximate surface area is 119 Å². The van der Waals surface area contributed by atoms with E-state index in [-0.39, 0.29) is 5.91 Å². The van der Waals surface area contributed by atoms with Crippen molar-refractivity contribution in [3.63, 3.8) is 0 Å². The van der Waals surface area contributed by atoms with Crippen LogP contribution in [0.15, 0.2) is 11.8 Å². The molecule has 3 rings (SSSR count). The highest BCUT2D eigenvalue weighted by molar-refractivity contribution is 8.00. The second-order valence-electron chi connectivity index (χ2n) is 4.08. The molecule has 0 aromatic carbocycles. The van der Waals surface area contributed by atoms with E-state index in [1.807, 2.05) is 22.9 Å². The molecule has 1 fully saturated rings. The molecule has 0 N–H and O–H groups in total. The Morgan fingerprint density at radius 1 is 1.63 bits per heavy atom. The lowest BCUT2D eigenvalue weighted by Gasteiger charge is -2.41. The van der Waals surface area contributed by atoms with Crippen LogP contribution in [-0.2, 0) is 4.79 Å². The summed E-state index contributed by atoms with van der Waals surface area (Å²) in [5.74, 6) is 8.09. The molecular weight excluding hydrogens is 282 g/mol. The van der Waals surface area contributed by atoms with Crippen molar-refractivity contribution in [1.29, 1.82) is 0 Å². The molecule has 3 heterocycles. The third-order valence-electron chi connectivity index (χ3n) is 2.78. The van der Waals surface area contributed by atoms with Crippen molar-refractivity contribution in [2.75, 3.05) is 11.5 Å². The van der Waals surface area contributed by atoms with Gasteiger partial charge in [-0.2, -0.15) is 4.09 Å². The Balaban J connectivity index is 1.64. The fourth-order valence-corrected chi connectivity index (χ4v) is 3.87. The molecule has 0 bridgehead atoms. The molecule has 1 aromatic heterocycles. The Bertz CT molecular complexity index is 600. The molecule has 98 valence electrons. The van der Waals surface area contributed by atoms with Gasteiger partial charge in [0, 0.05) is 17.7 Å². The Kier molecular flexibility index (Phi) is 3.48. The van der Waals surface area contributed by atoms with E-state index in [4.69, 9.17) is 0 Å². The Hall–Kier alpha value is -1.46. The number of rotatable bonds is 3. The second-order valence-corrected chi connectivity index (χ2v) is 6.14. The predicted molar refractivity (Wildman–Crippen MR) is 74.0 cm³/mol. The van der Waals surface area contributed by atoms with Gasteiger partial charge in [0.1, 0.15) is 0 Å². The number of amides is 1. The van der Waals surface area contributed by atoms with Gasteiger partial charge in [0.25, 0.3) is 0 Å². The zero-order chi connectivity index (χ0) is 13.2. The van der Waals surface area contributed by atoms with E-state index in [1.54, 1.807) is 11.0 Å². The van der Waals surface area contributed by atoms with Crippen molar-refractivity contribution in [1.82, 2.24) is 24.5 Å². The highest BCUT2D eigenvalue weighted by atomic mass is 32.2. The monoisotopic (exact) mass is 293 g/mol. The van der Waals surface area contributed by atoms with Gasteiger partial charge < -0.3 is 4.90 Å². The van der Waals surface area contributed by atoms with E-state index in [2.05, 4.69) is 27.4 Å². The highest BCUT2D eigenvalue weighted by Crippen LogP contribution is 2.36. The smallest absolute Gasteiger partial charge is 0.236 e. The van der Waals surface area contributed by atoms with E-state index >= 15 is 0 Å². The number of hydrogen-bond acceptors (Lipinski definition) is 6. The van der Waals surface area contributed by atoms with Crippen LogP contribution in [0.1, 0.15) is 19.2 Å². The van der Waals surface area contributed by atoms with Crippen LogP contribution in [0.5, 0.6) is 0 Å². The summed E-state index contributed by atoms with van der Waals surface area (Å²) < 4.78 is 1.62. The summed E-state index contributed by atoms with van der Waals surface area (Å²) in [4.78, 5) is 13.2. The van der Waals surface area contributed by atoms with Gasteiger partial charge in [-0.15, -0.1) is 11.8 Å². The van der Waals surface area contributed by atoms with Crippen LogP contribution in [0.3, 0.4) is 0 Å². The van der Waals surface area contributed by atoms with Crippen LogP contribution in [0, 0.1) is 11.8 Å². The molecular formula is C11H11N5OS2. The third-order valence-corrected chi connectivity index (χ3v) is 5.09. The second kappa shape index (κ2) is 5.27. The van der Waals surface area contributed by atoms with Gasteiger partial charge in [0.05, 0.1) is 11.8 Å². The minimum atomic E-state index is 0.208. The molecule has 1 amide bonds. The Morgan fingerprint density at radius 3 is 3.32 bits per heavy atom. The molecule has 2 aliphatic rings. The van der Waals surface area contributed by atoms with E-state index < -0.39 is 0 Å². The number of thioether (sulfide) groups is 1. The van der Waals surface area contributed by atoms with Gasteiger partial charge in [0.2, 0.25) is 11.7 Å². The number of fused-ring (bicyclic) bond motifs is 1. The van der Waals surface area contributed by atoms with Crippen molar-refractivity contribution in [3.05, 3.63) is 17.6 Å². The lowest BCUT2D eigenvalue weighted by molar-refractivity contribution is -0.137. The largest absolute Gasteiger partial charge is 0.306 e. The number of carbonyl (C=O) groups is 1. The quantitative estimate of drug-likeness (QED) is 0.605. The number of hydrogen-bond donors (Lipinski definition) is 0. The highest BCUT2D eigenvalue weighted by Gasteiger charge is 2.37. The van der Waals surface area contributed by atoms with Crippen molar-refractivity contribution in [2.45, 2.75) is 18.7 Å². The first-order valence-corrected chi connectivity index (χ1v) is 7.74. The van der Waals surface area contributed by atoms with Crippen LogP contribution in [-0.4, -0.2) is 47.3 Å². The fraction of sp³-hybridized carbons (Fsp3) is 0.455. The molecule has 0 spiro atoms. The van der Waals surface area contributed by atoms with Crippen LogP contribution in [0.4, 0.5) is 0 Å². The lowest BCUT2D eigenvalue weighted by Crippen LogP contribution is -2.49. The summed E-state index contributed by atoms with van der Waals surface area (Å²) in [6, 6.07) is 0. The molecule has 19 heavy (non-hydrogen) atoms. The molecule has 8 heteroatoms. The van der Waals surface area contributed by atoms with Gasteiger partial charge in [0.15, 0.2) is 0 Å². The van der Waals surface area contributed by atoms with Crippen LogP contribution < -0.4 is 0 Å². The summed E-state index contributed by atoms with van der Waals surface area (Å²) in [5.41, 5.74) is 1.21. The average Bonchev–Trinajstić information content (AvgIpc) is 2.84. The average molecular weight is 293 g/mol. The first-order valence-electron chi connectivity index (χ1n) is 5.74. The summed E-state index contributed by atoms with van der Waals surface area (Å²) in [6.45, 7) is 1.75. The summed E-state index contributed by atoms with van der Waals surface area (Å²) in [6.07, 6.45) is 2.64. The number of aromatic nitrogens is 4. The van der Waals surface area contributed by atoms with Gasteiger partial charge in [-0.25, -0.2) is 0 Å². The standard InChI is InChI=1S/C11H11N5OS2/c1-2-3-9-12-13-14-16(9)19-7-8-5-15-10(17)4-11(15)18-6-8/h5,11H,4,6-7H2,1H3/t11-/m0/s1. The molecule has 0 saturated carbocycles. The first kappa shape index (κ1) is 12.6. The number of tetrazole rings is 1. The minimum Gasteiger partial charge on any atom is -0.306 e. The Morgan fingerprint density at radius 2 is 2.53 bits per heavy atom. The van der Waals surface area contributed by atoms with Crippen molar-refractivity contribution in [2.24, 2.45) is 0 Å². The third kappa shape index (κ3) is 2.48. The molecule has 6 nitrogen and oxygen atoms in total. The van der Waals surface area contributed by atoms with Crippen LogP contribution >= 0.6 is 23.7 Å². The number of carbonyl (C=O) groups excluding carboxylic acids is 1. The molecule has 1 aromatic rings. The normalized spacial score (nSPS) is 21.1. The maximum absolute atomic E-state index is 11.4. The molecule has 1 saturated heterocycles. The van der Waals surface area contributed by atoms with Crippen molar-refractivity contribution < 1.29 is 4.79 Å². The van der Waals surface area contributed by atoms with Crippen molar-refractivity contribution in [3.8, 4) is 11.8 Å². The maximum atomic E-state index is 11.4. The van der Waals surface area contributed by atoms with Gasteiger partial charge in [-0.1, -0.05) is 11.0 Å². The molecule has 1 atom stereocenters. The van der Waals surface area contributed by atoms with Crippen LogP contribution in [0.25, 0.3) is 0 Å². The van der Waals surface area contributed by atoms with E-state index in [0.29, 0.717) is 17.6 Å². The first-order chi connectivity index (χ1) is 9.28.